The first kappa shape index (κ1) is 18.7. The third-order valence-electron chi connectivity index (χ3n) is 4.38. The lowest BCUT2D eigenvalue weighted by Crippen LogP contribution is -2.44. The third-order valence-corrected chi connectivity index (χ3v) is 5.42. The molecule has 3 amide bonds. The number of hydrogen-bond donors (Lipinski definition) is 2. The van der Waals surface area contributed by atoms with Crippen LogP contribution in [-0.2, 0) is 4.79 Å². The third kappa shape index (κ3) is 6.09. The van der Waals surface area contributed by atoms with Crippen LogP contribution in [0.15, 0.2) is 29.2 Å². The minimum atomic E-state index is -0.409. The minimum Gasteiger partial charge on any atom is -0.337 e. The summed E-state index contributed by atoms with van der Waals surface area (Å²) in [4.78, 5) is 26.9. The van der Waals surface area contributed by atoms with Crippen molar-refractivity contribution in [2.75, 3.05) is 20.1 Å². The molecule has 1 aliphatic carbocycles. The highest BCUT2D eigenvalue weighted by Gasteiger charge is 2.17. The maximum Gasteiger partial charge on any atom is 0.321 e. The Kier molecular flexibility index (Phi) is 7.46. The SMILES string of the molecule is CC(c1cccs1)N(C)CC(=O)NC(=O)NCCC1=CCCCC1. The molecule has 6 heteroatoms. The molecule has 1 aromatic rings. The summed E-state index contributed by atoms with van der Waals surface area (Å²) in [6, 6.07) is 3.79. The van der Waals surface area contributed by atoms with Crippen LogP contribution < -0.4 is 10.6 Å². The van der Waals surface area contributed by atoms with Gasteiger partial charge in [-0.2, -0.15) is 0 Å². The number of amides is 3. The zero-order valence-corrected chi connectivity index (χ0v) is 15.3. The van der Waals surface area contributed by atoms with Crippen molar-refractivity contribution in [3.63, 3.8) is 0 Å². The van der Waals surface area contributed by atoms with Crippen LogP contribution in [0.3, 0.4) is 0 Å². The van der Waals surface area contributed by atoms with Crippen LogP contribution >= 0.6 is 11.3 Å². The largest absolute Gasteiger partial charge is 0.337 e. The standard InChI is InChI=1S/C18H27N3O2S/c1-14(16-9-6-12-24-16)21(2)13-17(22)20-18(23)19-11-10-15-7-4-3-5-8-15/h6-7,9,12,14H,3-5,8,10-11,13H2,1-2H3,(H2,19,20,22,23). The van der Waals surface area contributed by atoms with Crippen molar-refractivity contribution in [3.05, 3.63) is 34.0 Å². The summed E-state index contributed by atoms with van der Waals surface area (Å²) in [7, 11) is 1.89. The lowest BCUT2D eigenvalue weighted by Gasteiger charge is -2.22. The highest BCUT2D eigenvalue weighted by atomic mass is 32.1. The van der Waals surface area contributed by atoms with Crippen LogP contribution in [-0.4, -0.2) is 37.0 Å². The van der Waals surface area contributed by atoms with E-state index in [-0.39, 0.29) is 18.5 Å². The average molecular weight is 350 g/mol. The Morgan fingerprint density at radius 1 is 1.38 bits per heavy atom. The molecule has 2 rings (SSSR count). The van der Waals surface area contributed by atoms with Gasteiger partial charge in [-0.25, -0.2) is 4.79 Å². The summed E-state index contributed by atoms with van der Waals surface area (Å²) >= 11 is 1.67. The number of imide groups is 1. The van der Waals surface area contributed by atoms with E-state index >= 15 is 0 Å². The maximum absolute atomic E-state index is 12.0. The van der Waals surface area contributed by atoms with Gasteiger partial charge in [0, 0.05) is 17.5 Å². The van der Waals surface area contributed by atoms with Gasteiger partial charge in [0.05, 0.1) is 6.54 Å². The van der Waals surface area contributed by atoms with Gasteiger partial charge in [0.25, 0.3) is 0 Å². The molecule has 0 saturated carbocycles. The molecule has 1 unspecified atom stereocenters. The first-order valence-corrected chi connectivity index (χ1v) is 9.43. The fourth-order valence-corrected chi connectivity index (χ4v) is 3.64. The van der Waals surface area contributed by atoms with Crippen molar-refractivity contribution in [2.24, 2.45) is 0 Å². The Labute approximate surface area is 148 Å². The molecular weight excluding hydrogens is 322 g/mol. The van der Waals surface area contributed by atoms with E-state index in [0.717, 1.165) is 19.3 Å². The number of nitrogens with zero attached hydrogens (tertiary/aromatic N) is 1. The lowest BCUT2D eigenvalue weighted by atomic mass is 9.97. The molecule has 1 aromatic heterocycles. The van der Waals surface area contributed by atoms with Crippen molar-refractivity contribution in [3.8, 4) is 0 Å². The Morgan fingerprint density at radius 3 is 2.88 bits per heavy atom. The molecule has 0 bridgehead atoms. The molecule has 132 valence electrons. The number of nitrogens with one attached hydrogen (secondary N) is 2. The Balaban J connectivity index is 1.65. The van der Waals surface area contributed by atoms with E-state index in [1.54, 1.807) is 11.3 Å². The molecule has 1 aliphatic rings. The van der Waals surface area contributed by atoms with Crippen LogP contribution in [0.4, 0.5) is 4.79 Å². The van der Waals surface area contributed by atoms with Gasteiger partial charge < -0.3 is 5.32 Å². The van der Waals surface area contributed by atoms with Gasteiger partial charge in [-0.15, -0.1) is 11.3 Å². The summed E-state index contributed by atoms with van der Waals surface area (Å²) in [5.41, 5.74) is 1.41. The van der Waals surface area contributed by atoms with Gasteiger partial charge >= 0.3 is 6.03 Å². The second-order valence-electron chi connectivity index (χ2n) is 6.27. The van der Waals surface area contributed by atoms with Gasteiger partial charge in [0.2, 0.25) is 5.91 Å². The van der Waals surface area contributed by atoms with Gasteiger partial charge in [0.15, 0.2) is 0 Å². The van der Waals surface area contributed by atoms with E-state index in [0.29, 0.717) is 6.54 Å². The number of thiophene rings is 1. The molecule has 0 radical (unpaired) electrons. The fraction of sp³-hybridized carbons (Fsp3) is 0.556. The van der Waals surface area contributed by atoms with Crippen LogP contribution in [0.5, 0.6) is 0 Å². The highest BCUT2D eigenvalue weighted by Crippen LogP contribution is 2.22. The first-order chi connectivity index (χ1) is 11.6. The molecule has 1 atom stereocenters. The summed E-state index contributed by atoms with van der Waals surface area (Å²) in [5, 5.41) is 7.19. The van der Waals surface area contributed by atoms with Gasteiger partial charge in [0.1, 0.15) is 0 Å². The van der Waals surface area contributed by atoms with E-state index < -0.39 is 6.03 Å². The van der Waals surface area contributed by atoms with E-state index in [1.165, 1.54) is 23.3 Å². The van der Waals surface area contributed by atoms with E-state index in [2.05, 4.69) is 29.7 Å². The molecular formula is C18H27N3O2S. The molecule has 0 aliphatic heterocycles. The number of allylic oxidation sites excluding steroid dienone is 1. The van der Waals surface area contributed by atoms with Crippen molar-refractivity contribution >= 4 is 23.3 Å². The average Bonchev–Trinajstić information content (AvgIpc) is 3.09. The number of hydrogen-bond acceptors (Lipinski definition) is 4. The summed E-state index contributed by atoms with van der Waals surface area (Å²) in [5.74, 6) is -0.282. The fourth-order valence-electron chi connectivity index (χ4n) is 2.79. The zero-order valence-electron chi connectivity index (χ0n) is 14.5. The summed E-state index contributed by atoms with van der Waals surface area (Å²) < 4.78 is 0. The predicted molar refractivity (Wildman–Crippen MR) is 98.1 cm³/mol. The van der Waals surface area contributed by atoms with Gasteiger partial charge in [-0.3, -0.25) is 15.0 Å². The zero-order chi connectivity index (χ0) is 17.4. The highest BCUT2D eigenvalue weighted by molar-refractivity contribution is 7.10. The number of urea groups is 1. The minimum absolute atomic E-state index is 0.150. The molecule has 0 fully saturated rings. The van der Waals surface area contributed by atoms with E-state index in [1.807, 2.05) is 23.4 Å². The molecule has 2 N–H and O–H groups in total. The number of rotatable bonds is 7. The van der Waals surface area contributed by atoms with Crippen molar-refractivity contribution in [1.82, 2.24) is 15.5 Å². The first-order valence-electron chi connectivity index (χ1n) is 8.55. The second kappa shape index (κ2) is 9.59. The molecule has 0 saturated heterocycles. The normalized spacial score (nSPS) is 15.7. The molecule has 5 nitrogen and oxygen atoms in total. The molecule has 1 heterocycles. The monoisotopic (exact) mass is 349 g/mol. The number of likely N-dealkylation sites (N-methyl/N-ethyl adjacent to an activating group) is 1. The van der Waals surface area contributed by atoms with Crippen molar-refractivity contribution in [2.45, 2.75) is 45.1 Å². The number of carbonyl (C=O) groups excluding carboxylic acids is 2. The van der Waals surface area contributed by atoms with Crippen LogP contribution in [0.2, 0.25) is 0 Å². The summed E-state index contributed by atoms with van der Waals surface area (Å²) in [6.07, 6.45) is 7.93. The molecule has 0 aromatic carbocycles. The van der Waals surface area contributed by atoms with Gasteiger partial charge in [-0.1, -0.05) is 17.7 Å². The predicted octanol–water partition coefficient (Wildman–Crippen LogP) is 3.46. The molecule has 24 heavy (non-hydrogen) atoms. The number of carbonyl (C=O) groups is 2. The van der Waals surface area contributed by atoms with E-state index in [4.69, 9.17) is 0 Å². The molecule has 0 spiro atoms. The Hall–Kier alpha value is -1.66. The Bertz CT molecular complexity index is 569. The van der Waals surface area contributed by atoms with Gasteiger partial charge in [-0.05, 0) is 57.5 Å². The van der Waals surface area contributed by atoms with Crippen LogP contribution in [0.1, 0.15) is 49.9 Å². The lowest BCUT2D eigenvalue weighted by molar-refractivity contribution is -0.121. The summed E-state index contributed by atoms with van der Waals surface area (Å²) in [6.45, 7) is 2.82. The van der Waals surface area contributed by atoms with Crippen molar-refractivity contribution in [1.29, 1.82) is 0 Å². The Morgan fingerprint density at radius 2 is 2.21 bits per heavy atom. The maximum atomic E-state index is 12.0. The van der Waals surface area contributed by atoms with Crippen LogP contribution in [0, 0.1) is 0 Å². The topological polar surface area (TPSA) is 61.4 Å². The van der Waals surface area contributed by atoms with Crippen LogP contribution in [0.25, 0.3) is 0 Å². The van der Waals surface area contributed by atoms with Crippen molar-refractivity contribution < 1.29 is 9.59 Å². The second-order valence-corrected chi connectivity index (χ2v) is 7.25. The quantitative estimate of drug-likeness (QED) is 0.741. The smallest absolute Gasteiger partial charge is 0.321 e. The van der Waals surface area contributed by atoms with E-state index in [9.17, 15) is 9.59 Å².